The third-order valence-corrected chi connectivity index (χ3v) is 4.74. The maximum Gasteiger partial charge on any atom is 0.437 e. The number of benzene rings is 1. The fourth-order valence-corrected chi connectivity index (χ4v) is 2.97. The van der Waals surface area contributed by atoms with E-state index in [2.05, 4.69) is 25.4 Å². The standard InChI is InChI=1S/C21H25FN8O4/c1-25-17(31)6-3-7-34-29-15-10-30(11-15)20-26-8-14(9-27-20)16-5-2-4-13(18(16)22)12-33-21(32)28-19(23)24/h2,4-5,8-9H,3,6-7,10-12H2,1H3,(H,25,31)(H4,23,24,28,32). The van der Waals surface area contributed by atoms with Crippen molar-refractivity contribution in [2.75, 3.05) is 31.6 Å². The van der Waals surface area contributed by atoms with Crippen LogP contribution in [0.25, 0.3) is 11.1 Å². The van der Waals surface area contributed by atoms with Crippen molar-refractivity contribution < 1.29 is 23.6 Å². The number of carbonyl (C=O) groups excluding carboxylic acids is 2. The minimum absolute atomic E-state index is 0.0374. The Labute approximate surface area is 194 Å². The monoisotopic (exact) mass is 472 g/mol. The molecule has 2 amide bonds. The van der Waals surface area contributed by atoms with Crippen LogP contribution in [0.15, 0.2) is 40.7 Å². The Kier molecular flexibility index (Phi) is 8.26. The van der Waals surface area contributed by atoms with Crippen molar-refractivity contribution in [3.05, 3.63) is 42.0 Å². The van der Waals surface area contributed by atoms with Crippen molar-refractivity contribution in [2.45, 2.75) is 19.4 Å². The largest absolute Gasteiger partial charge is 0.443 e. The zero-order valence-corrected chi connectivity index (χ0v) is 18.5. The number of oxime groups is 1. The van der Waals surface area contributed by atoms with Gasteiger partial charge in [-0.25, -0.2) is 19.2 Å². The third-order valence-electron chi connectivity index (χ3n) is 4.74. The van der Waals surface area contributed by atoms with Crippen LogP contribution in [0.4, 0.5) is 15.1 Å². The van der Waals surface area contributed by atoms with Gasteiger partial charge in [-0.05, 0) is 6.42 Å². The van der Waals surface area contributed by atoms with Crippen LogP contribution in [-0.4, -0.2) is 60.4 Å². The molecule has 1 saturated heterocycles. The molecule has 0 spiro atoms. The summed E-state index contributed by atoms with van der Waals surface area (Å²) in [5.41, 5.74) is 11.9. The second-order valence-corrected chi connectivity index (χ2v) is 7.27. The van der Waals surface area contributed by atoms with E-state index in [-0.39, 0.29) is 23.6 Å². The Hall–Kier alpha value is -4.29. The van der Waals surface area contributed by atoms with Gasteiger partial charge in [0, 0.05) is 42.6 Å². The molecule has 0 bridgehead atoms. The highest BCUT2D eigenvalue weighted by atomic mass is 19.1. The highest BCUT2D eigenvalue weighted by Crippen LogP contribution is 2.26. The number of carbonyl (C=O) groups is 2. The average molecular weight is 472 g/mol. The number of hydrogen-bond acceptors (Lipinski definition) is 8. The molecular weight excluding hydrogens is 447 g/mol. The fraction of sp³-hybridized carbons (Fsp3) is 0.333. The van der Waals surface area contributed by atoms with Crippen molar-refractivity contribution in [1.82, 2.24) is 15.3 Å². The predicted octanol–water partition coefficient (Wildman–Crippen LogP) is 0.912. The zero-order valence-electron chi connectivity index (χ0n) is 18.5. The maximum atomic E-state index is 14.9. The molecule has 3 rings (SSSR count). The van der Waals surface area contributed by atoms with E-state index >= 15 is 0 Å². The number of aromatic nitrogens is 2. The van der Waals surface area contributed by atoms with E-state index < -0.39 is 17.9 Å². The first-order chi connectivity index (χ1) is 16.4. The van der Waals surface area contributed by atoms with Gasteiger partial charge in [0.05, 0.1) is 18.8 Å². The van der Waals surface area contributed by atoms with Crippen molar-refractivity contribution in [3.8, 4) is 11.1 Å². The molecule has 2 aromatic rings. The van der Waals surface area contributed by atoms with Gasteiger partial charge in [0.2, 0.25) is 11.9 Å². The summed E-state index contributed by atoms with van der Waals surface area (Å²) in [5.74, 6) is -0.569. The Morgan fingerprint density at radius 3 is 2.65 bits per heavy atom. The molecule has 0 saturated carbocycles. The molecule has 180 valence electrons. The zero-order chi connectivity index (χ0) is 24.5. The highest BCUT2D eigenvalue weighted by Gasteiger charge is 2.25. The van der Waals surface area contributed by atoms with Gasteiger partial charge in [0.15, 0.2) is 5.96 Å². The summed E-state index contributed by atoms with van der Waals surface area (Å²) < 4.78 is 19.7. The van der Waals surface area contributed by atoms with Crippen molar-refractivity contribution >= 4 is 29.6 Å². The van der Waals surface area contributed by atoms with E-state index in [1.165, 1.54) is 18.5 Å². The number of nitrogens with one attached hydrogen (secondary N) is 1. The number of nitrogens with two attached hydrogens (primary N) is 2. The van der Waals surface area contributed by atoms with E-state index in [4.69, 9.17) is 21.0 Å². The molecule has 13 heteroatoms. The Balaban J connectivity index is 1.53. The molecule has 12 nitrogen and oxygen atoms in total. The number of ether oxygens (including phenoxy) is 1. The second-order valence-electron chi connectivity index (χ2n) is 7.27. The lowest BCUT2D eigenvalue weighted by Crippen LogP contribution is -2.48. The van der Waals surface area contributed by atoms with Gasteiger partial charge in [-0.1, -0.05) is 23.4 Å². The SMILES string of the molecule is CNC(=O)CCCON=C1CN(c2ncc(-c3cccc(COC(=O)N=C(N)N)c3F)cn2)C1. The van der Waals surface area contributed by atoms with Gasteiger partial charge >= 0.3 is 6.09 Å². The molecule has 1 aliphatic rings. The number of nitrogens with zero attached hydrogens (tertiary/aromatic N) is 5. The van der Waals surface area contributed by atoms with E-state index in [1.807, 2.05) is 4.90 Å². The Bertz CT molecular complexity index is 1080. The summed E-state index contributed by atoms with van der Waals surface area (Å²) in [5, 5.41) is 6.59. The first kappa shape index (κ1) is 24.4. The summed E-state index contributed by atoms with van der Waals surface area (Å²) in [6.07, 6.45) is 2.99. The number of halogens is 1. The first-order valence-corrected chi connectivity index (χ1v) is 10.4. The lowest BCUT2D eigenvalue weighted by atomic mass is 10.1. The van der Waals surface area contributed by atoms with Crippen LogP contribution in [0, 0.1) is 5.82 Å². The van der Waals surface area contributed by atoms with Gasteiger partial charge in [-0.3, -0.25) is 4.79 Å². The number of amides is 2. The molecule has 5 N–H and O–H groups in total. The third kappa shape index (κ3) is 6.60. The molecule has 2 heterocycles. The molecule has 1 aliphatic heterocycles. The van der Waals surface area contributed by atoms with Crippen molar-refractivity contribution in [3.63, 3.8) is 0 Å². The number of rotatable bonds is 9. The van der Waals surface area contributed by atoms with Gasteiger partial charge in [0.25, 0.3) is 0 Å². The number of guanidine groups is 1. The van der Waals surface area contributed by atoms with Crippen LogP contribution in [0.1, 0.15) is 18.4 Å². The van der Waals surface area contributed by atoms with Gasteiger partial charge < -0.3 is 31.3 Å². The molecular formula is C21H25FN8O4. The van der Waals surface area contributed by atoms with E-state index in [0.717, 1.165) is 5.71 Å². The van der Waals surface area contributed by atoms with Crippen LogP contribution in [-0.2, 0) is 21.0 Å². The topological polar surface area (TPSA) is 170 Å². The molecule has 1 aromatic heterocycles. The first-order valence-electron chi connectivity index (χ1n) is 10.4. The van der Waals surface area contributed by atoms with Crippen LogP contribution < -0.4 is 21.7 Å². The van der Waals surface area contributed by atoms with Crippen molar-refractivity contribution in [2.24, 2.45) is 21.6 Å². The average Bonchev–Trinajstić information content (AvgIpc) is 2.79. The quantitative estimate of drug-likeness (QED) is 0.208. The normalized spacial score (nSPS) is 12.4. The Morgan fingerprint density at radius 1 is 1.24 bits per heavy atom. The second kappa shape index (κ2) is 11.5. The minimum atomic E-state index is -1.01. The number of aliphatic imine (C=N–C) groups is 1. The Morgan fingerprint density at radius 2 is 1.97 bits per heavy atom. The number of hydrogen-bond donors (Lipinski definition) is 3. The number of anilines is 1. The van der Waals surface area contributed by atoms with E-state index in [9.17, 15) is 14.0 Å². The van der Waals surface area contributed by atoms with E-state index in [1.54, 1.807) is 19.2 Å². The van der Waals surface area contributed by atoms with E-state index in [0.29, 0.717) is 44.0 Å². The summed E-state index contributed by atoms with van der Waals surface area (Å²) in [6, 6.07) is 4.69. The van der Waals surface area contributed by atoms with Crippen LogP contribution in [0.3, 0.4) is 0 Å². The molecule has 34 heavy (non-hydrogen) atoms. The lowest BCUT2D eigenvalue weighted by molar-refractivity contribution is -0.120. The van der Waals surface area contributed by atoms with Crippen LogP contribution in [0.5, 0.6) is 0 Å². The highest BCUT2D eigenvalue weighted by molar-refractivity contribution is 5.98. The summed E-state index contributed by atoms with van der Waals surface area (Å²) in [6.45, 7) is 1.05. The molecule has 0 atom stereocenters. The molecule has 1 aromatic carbocycles. The van der Waals surface area contributed by atoms with Crippen LogP contribution in [0.2, 0.25) is 0 Å². The van der Waals surface area contributed by atoms with Gasteiger partial charge in [-0.15, -0.1) is 4.99 Å². The summed E-state index contributed by atoms with van der Waals surface area (Å²) in [7, 11) is 1.59. The predicted molar refractivity (Wildman–Crippen MR) is 122 cm³/mol. The molecule has 1 fully saturated rings. The minimum Gasteiger partial charge on any atom is -0.443 e. The summed E-state index contributed by atoms with van der Waals surface area (Å²) in [4.78, 5) is 41.5. The van der Waals surface area contributed by atoms with Gasteiger partial charge in [0.1, 0.15) is 19.0 Å². The smallest absolute Gasteiger partial charge is 0.437 e. The molecule has 0 radical (unpaired) electrons. The lowest BCUT2D eigenvalue weighted by Gasteiger charge is -2.31. The summed E-state index contributed by atoms with van der Waals surface area (Å²) >= 11 is 0. The van der Waals surface area contributed by atoms with Crippen molar-refractivity contribution in [1.29, 1.82) is 0 Å². The molecule has 0 unspecified atom stereocenters. The van der Waals surface area contributed by atoms with Crippen LogP contribution >= 0.6 is 0 Å². The maximum absolute atomic E-state index is 14.9. The molecule has 0 aliphatic carbocycles. The van der Waals surface area contributed by atoms with Gasteiger partial charge in [-0.2, -0.15) is 0 Å². The fourth-order valence-electron chi connectivity index (χ4n) is 2.97.